The minimum atomic E-state index is -3.22. The number of aliphatic hydroxyl groups excluding tert-OH is 3. The van der Waals surface area contributed by atoms with E-state index < -0.39 is 18.4 Å². The molecule has 140 valence electrons. The summed E-state index contributed by atoms with van der Waals surface area (Å²) >= 11 is 13.8. The Morgan fingerprint density at radius 2 is 1.30 bits per heavy atom. The maximum Gasteiger partial charge on any atom is 0.474 e. The van der Waals surface area contributed by atoms with Crippen molar-refractivity contribution in [2.45, 2.75) is 13.8 Å². The summed E-state index contributed by atoms with van der Waals surface area (Å²) in [4.78, 5) is 0. The molecule has 0 aliphatic carbocycles. The molecule has 3 saturated heterocycles. The van der Waals surface area contributed by atoms with Crippen LogP contribution >= 0.6 is 46.7 Å². The number of halogens is 3. The van der Waals surface area contributed by atoms with Crippen LogP contribution in [0.25, 0.3) is 0 Å². The third-order valence-electron chi connectivity index (χ3n) is 2.86. The van der Waals surface area contributed by atoms with Gasteiger partial charge in [-0.15, -0.1) is 0 Å². The van der Waals surface area contributed by atoms with E-state index in [-0.39, 0.29) is 25.2 Å². The number of fused-ring (bicyclic) bond motifs is 3. The van der Waals surface area contributed by atoms with Gasteiger partial charge in [0.25, 0.3) is 0 Å². The molecule has 3 aliphatic rings. The van der Waals surface area contributed by atoms with Crippen molar-refractivity contribution in [3.05, 3.63) is 0 Å². The fourth-order valence-corrected chi connectivity index (χ4v) is 2.72. The van der Waals surface area contributed by atoms with Crippen molar-refractivity contribution in [2.24, 2.45) is 10.8 Å². The molecule has 3 rings (SSSR count). The van der Waals surface area contributed by atoms with Gasteiger partial charge in [0.05, 0.1) is 39.6 Å². The zero-order valence-corrected chi connectivity index (χ0v) is 16.7. The lowest BCUT2D eigenvalue weighted by atomic mass is 9.95. The van der Waals surface area contributed by atoms with Crippen molar-refractivity contribution < 1.29 is 38.0 Å². The molecule has 0 aromatic heterocycles. The summed E-state index contributed by atoms with van der Waals surface area (Å²) in [6.07, 6.45) is 0. The molecule has 0 atom stereocenters. The van der Waals surface area contributed by atoms with Crippen molar-refractivity contribution in [1.82, 2.24) is 0 Å². The highest BCUT2D eigenvalue weighted by molar-refractivity contribution is 8.24. The predicted octanol–water partition coefficient (Wildman–Crippen LogP) is 2.96. The topological polar surface area (TPSA) is 123 Å². The van der Waals surface area contributed by atoms with Crippen LogP contribution in [-0.4, -0.2) is 55.0 Å². The van der Waals surface area contributed by atoms with E-state index in [0.29, 0.717) is 19.8 Å². The van der Waals surface area contributed by atoms with Crippen LogP contribution in [-0.2, 0) is 22.7 Å². The van der Waals surface area contributed by atoms with Crippen LogP contribution in [0.5, 0.6) is 0 Å². The normalized spacial score (nSPS) is 29.9. The van der Waals surface area contributed by atoms with Gasteiger partial charge in [-0.2, -0.15) is 0 Å². The minimum Gasteiger partial charge on any atom is -0.396 e. The highest BCUT2D eigenvalue weighted by atomic mass is 36.0. The van der Waals surface area contributed by atoms with Crippen molar-refractivity contribution in [3.8, 4) is 0 Å². The molecular formula is C10H21Cl3O8P2. The number of hydrogen-bond donors (Lipinski definition) is 3. The predicted molar refractivity (Wildman–Crippen MR) is 88.1 cm³/mol. The van der Waals surface area contributed by atoms with E-state index in [0.717, 1.165) is 0 Å². The fourth-order valence-electron chi connectivity index (χ4n) is 1.09. The molecule has 23 heavy (non-hydrogen) atoms. The van der Waals surface area contributed by atoms with Gasteiger partial charge in [0.1, 0.15) is 0 Å². The maximum atomic E-state index is 11.1. The molecular weight excluding hydrogens is 416 g/mol. The summed E-state index contributed by atoms with van der Waals surface area (Å²) in [6.45, 7) is 4.52. The Kier molecular flexibility index (Phi) is 10.2. The fraction of sp³-hybridized carbons (Fsp3) is 1.00. The molecule has 3 heterocycles. The van der Waals surface area contributed by atoms with E-state index in [9.17, 15) is 9.13 Å². The molecule has 8 nitrogen and oxygen atoms in total. The van der Waals surface area contributed by atoms with Crippen LogP contribution in [0.3, 0.4) is 0 Å². The van der Waals surface area contributed by atoms with Gasteiger partial charge >= 0.3 is 13.0 Å². The number of aliphatic hydroxyl groups is 3. The lowest BCUT2D eigenvalue weighted by Crippen LogP contribution is -2.41. The van der Waals surface area contributed by atoms with Gasteiger partial charge in [-0.25, -0.2) is 4.57 Å². The molecule has 3 N–H and O–H groups in total. The Morgan fingerprint density at radius 1 is 1.04 bits per heavy atom. The van der Waals surface area contributed by atoms with E-state index in [1.807, 2.05) is 6.92 Å². The van der Waals surface area contributed by atoms with Crippen LogP contribution in [0, 0.1) is 10.8 Å². The van der Waals surface area contributed by atoms with E-state index in [4.69, 9.17) is 28.9 Å². The third-order valence-corrected chi connectivity index (χ3v) is 4.19. The summed E-state index contributed by atoms with van der Waals surface area (Å²) in [6, 6.07) is 0. The SMILES string of the molecule is CC(CO)(CO)CO.CC12COP(=O)(OC1)OC2.O=P(Cl)(Cl)Cl. The first kappa shape index (κ1) is 24.1. The standard InChI is InChI=1S/C5H9O4P.C5H12O3.Cl3OP/c1-5-2-7-10(6,8-3-5)9-4-5;1-5(2-6,3-7)4-8;1-5(2,3)4/h2-4H2,1H3;6-8H,2-4H2,1H3;. The summed E-state index contributed by atoms with van der Waals surface area (Å²) in [7, 11) is -3.07. The first-order valence-electron chi connectivity index (χ1n) is 6.36. The van der Waals surface area contributed by atoms with Gasteiger partial charge in [-0.1, -0.05) is 13.8 Å². The Morgan fingerprint density at radius 3 is 1.43 bits per heavy atom. The Balaban J connectivity index is 0.000000338. The summed E-state index contributed by atoms with van der Waals surface area (Å²) in [5, 5.41) is 22.2. The lowest BCUT2D eigenvalue weighted by Gasteiger charge is -2.41. The number of phosphoric acid groups is 1. The van der Waals surface area contributed by atoms with Crippen LogP contribution in [0.2, 0.25) is 0 Å². The minimum absolute atomic E-state index is 0.0772. The molecule has 13 heteroatoms. The second-order valence-electron chi connectivity index (χ2n) is 5.76. The number of phosphoric ester groups is 1. The van der Waals surface area contributed by atoms with Crippen molar-refractivity contribution in [3.63, 3.8) is 0 Å². The second-order valence-corrected chi connectivity index (χ2v) is 14.1. The quantitative estimate of drug-likeness (QED) is 0.576. The molecule has 0 amide bonds. The van der Waals surface area contributed by atoms with E-state index in [2.05, 4.69) is 33.7 Å². The molecule has 0 aromatic carbocycles. The first-order chi connectivity index (χ1) is 10.3. The molecule has 0 saturated carbocycles. The van der Waals surface area contributed by atoms with Crippen molar-refractivity contribution in [2.75, 3.05) is 39.6 Å². The number of rotatable bonds is 3. The molecule has 0 unspecified atom stereocenters. The Labute approximate surface area is 149 Å². The van der Waals surface area contributed by atoms with Crippen LogP contribution in [0.1, 0.15) is 13.8 Å². The molecule has 0 radical (unpaired) electrons. The molecule has 3 fully saturated rings. The van der Waals surface area contributed by atoms with Crippen LogP contribution < -0.4 is 0 Å². The Hall–Kier alpha value is 1.09. The van der Waals surface area contributed by atoms with Gasteiger partial charge in [0.2, 0.25) is 0 Å². The van der Waals surface area contributed by atoms with Crippen LogP contribution in [0.4, 0.5) is 0 Å². The zero-order chi connectivity index (χ0) is 18.4. The smallest absolute Gasteiger partial charge is 0.396 e. The van der Waals surface area contributed by atoms with E-state index in [1.165, 1.54) is 0 Å². The lowest BCUT2D eigenvalue weighted by molar-refractivity contribution is -0.0841. The second kappa shape index (κ2) is 9.70. The average molecular weight is 438 g/mol. The van der Waals surface area contributed by atoms with E-state index >= 15 is 0 Å². The van der Waals surface area contributed by atoms with Gasteiger partial charge in [0.15, 0.2) is 0 Å². The highest BCUT2D eigenvalue weighted by Crippen LogP contribution is 2.61. The summed E-state index contributed by atoms with van der Waals surface area (Å²) in [5.74, 6) is 0. The Bertz CT molecular complexity index is 406. The largest absolute Gasteiger partial charge is 0.474 e. The molecule has 0 spiro atoms. The molecule has 3 aliphatic heterocycles. The van der Waals surface area contributed by atoms with Crippen LogP contribution in [0.15, 0.2) is 0 Å². The first-order valence-corrected chi connectivity index (χ1v) is 12.2. The summed E-state index contributed by atoms with van der Waals surface area (Å²) in [5.41, 5.74) is -0.786. The summed E-state index contributed by atoms with van der Waals surface area (Å²) < 4.78 is 35.3. The zero-order valence-electron chi connectivity index (χ0n) is 12.7. The van der Waals surface area contributed by atoms with Gasteiger partial charge in [-0.3, -0.25) is 18.1 Å². The third kappa shape index (κ3) is 10.6. The van der Waals surface area contributed by atoms with Crippen molar-refractivity contribution >= 4 is 46.7 Å². The maximum absolute atomic E-state index is 11.1. The monoisotopic (exact) mass is 436 g/mol. The molecule has 0 aromatic rings. The van der Waals surface area contributed by atoms with Gasteiger partial charge < -0.3 is 15.3 Å². The molecule has 2 bridgehead atoms. The average Bonchev–Trinajstić information content (AvgIpc) is 2.47. The van der Waals surface area contributed by atoms with Gasteiger partial charge in [-0.05, 0) is 33.7 Å². The van der Waals surface area contributed by atoms with Crippen molar-refractivity contribution in [1.29, 1.82) is 0 Å². The number of hydrogen-bond acceptors (Lipinski definition) is 8. The van der Waals surface area contributed by atoms with Gasteiger partial charge in [0, 0.05) is 10.8 Å². The van der Waals surface area contributed by atoms with E-state index in [1.54, 1.807) is 6.92 Å². The highest BCUT2D eigenvalue weighted by Gasteiger charge is 2.47.